The molecule has 3 amide bonds. The molecule has 0 bridgehead atoms. The summed E-state index contributed by atoms with van der Waals surface area (Å²) in [7, 11) is 1.36. The van der Waals surface area contributed by atoms with Gasteiger partial charge < -0.3 is 10.1 Å². The normalized spacial score (nSPS) is 10.1. The molecule has 0 saturated heterocycles. The summed E-state index contributed by atoms with van der Waals surface area (Å²) in [6, 6.07) is 6.16. The van der Waals surface area contributed by atoms with Gasteiger partial charge in [-0.1, -0.05) is 23.7 Å². The number of nitrogens with one attached hydrogen (secondary N) is 2. The van der Waals surface area contributed by atoms with Gasteiger partial charge in [0.1, 0.15) is 0 Å². The molecule has 0 radical (unpaired) electrons. The summed E-state index contributed by atoms with van der Waals surface area (Å²) in [5.74, 6) is -1.40. The van der Waals surface area contributed by atoms with E-state index in [1.54, 1.807) is 24.3 Å². The highest BCUT2D eigenvalue weighted by Crippen LogP contribution is 2.10. The summed E-state index contributed by atoms with van der Waals surface area (Å²) in [6.07, 6.45) is 2.70. The van der Waals surface area contributed by atoms with Gasteiger partial charge in [0.2, 0.25) is 0 Å². The first-order valence-corrected chi connectivity index (χ1v) is 6.01. The van der Waals surface area contributed by atoms with Gasteiger partial charge in [0.15, 0.2) is 6.61 Å². The number of halogens is 1. The van der Waals surface area contributed by atoms with Crippen LogP contribution in [0.15, 0.2) is 30.3 Å². The first-order valence-electron chi connectivity index (χ1n) is 5.63. The average molecular weight is 297 g/mol. The smallest absolute Gasteiger partial charge is 0.331 e. The summed E-state index contributed by atoms with van der Waals surface area (Å²) in [4.78, 5) is 33.3. The van der Waals surface area contributed by atoms with E-state index in [1.165, 1.54) is 19.2 Å². The number of rotatable bonds is 4. The van der Waals surface area contributed by atoms with E-state index in [1.807, 2.05) is 5.32 Å². The molecule has 0 fully saturated rings. The Morgan fingerprint density at radius 3 is 2.50 bits per heavy atom. The summed E-state index contributed by atoms with van der Waals surface area (Å²) in [5, 5.41) is 4.75. The molecule has 20 heavy (non-hydrogen) atoms. The minimum absolute atomic E-state index is 0.531. The highest BCUT2D eigenvalue weighted by Gasteiger charge is 2.07. The molecule has 0 aliphatic heterocycles. The Balaban J connectivity index is 2.38. The van der Waals surface area contributed by atoms with Crippen molar-refractivity contribution >= 4 is 35.6 Å². The molecule has 0 unspecified atom stereocenters. The van der Waals surface area contributed by atoms with Crippen LogP contribution in [0.1, 0.15) is 5.56 Å². The molecule has 0 spiro atoms. The molecule has 7 heteroatoms. The first kappa shape index (κ1) is 15.7. The third-order valence-corrected chi connectivity index (χ3v) is 2.36. The number of carbonyl (C=O) groups is 3. The molecule has 6 nitrogen and oxygen atoms in total. The van der Waals surface area contributed by atoms with Crippen LogP contribution >= 0.6 is 11.6 Å². The Labute approximate surface area is 120 Å². The molecule has 1 rings (SSSR count). The molecule has 2 N–H and O–H groups in total. The second-order valence-electron chi connectivity index (χ2n) is 3.62. The molecule has 0 saturated carbocycles. The molecule has 0 aliphatic rings. The fourth-order valence-corrected chi connectivity index (χ4v) is 1.27. The second kappa shape index (κ2) is 7.96. The SMILES string of the molecule is CNC(=O)NC(=O)COC(=O)/C=C/c1ccc(Cl)cc1. The molecular formula is C13H13ClN2O4. The molecule has 0 aromatic heterocycles. The zero-order valence-corrected chi connectivity index (χ0v) is 11.4. The maximum Gasteiger partial charge on any atom is 0.331 e. The van der Waals surface area contributed by atoms with Gasteiger partial charge in [-0.3, -0.25) is 10.1 Å². The highest BCUT2D eigenvalue weighted by atomic mass is 35.5. The van der Waals surface area contributed by atoms with Gasteiger partial charge in [-0.25, -0.2) is 9.59 Å². The largest absolute Gasteiger partial charge is 0.452 e. The van der Waals surface area contributed by atoms with Crippen LogP contribution in [0.25, 0.3) is 6.08 Å². The third kappa shape index (κ3) is 6.01. The van der Waals surface area contributed by atoms with Gasteiger partial charge >= 0.3 is 12.0 Å². The van der Waals surface area contributed by atoms with Crippen LogP contribution in [0.4, 0.5) is 4.79 Å². The third-order valence-electron chi connectivity index (χ3n) is 2.11. The van der Waals surface area contributed by atoms with E-state index >= 15 is 0 Å². The maximum atomic E-state index is 11.3. The van der Waals surface area contributed by atoms with Crippen molar-refractivity contribution < 1.29 is 19.1 Å². The van der Waals surface area contributed by atoms with E-state index < -0.39 is 24.5 Å². The quantitative estimate of drug-likeness (QED) is 0.649. The molecule has 0 heterocycles. The number of ether oxygens (including phenoxy) is 1. The number of amides is 3. The zero-order valence-electron chi connectivity index (χ0n) is 10.7. The first-order chi connectivity index (χ1) is 9.51. The van der Waals surface area contributed by atoms with Crippen molar-refractivity contribution in [2.24, 2.45) is 0 Å². The Morgan fingerprint density at radius 2 is 1.90 bits per heavy atom. The molecule has 1 aromatic rings. The predicted octanol–water partition coefficient (Wildman–Crippen LogP) is 1.35. The van der Waals surface area contributed by atoms with E-state index in [0.717, 1.165) is 5.56 Å². The van der Waals surface area contributed by atoms with Gasteiger partial charge in [-0.2, -0.15) is 0 Å². The fourth-order valence-electron chi connectivity index (χ4n) is 1.15. The Hall–Kier alpha value is -2.34. The summed E-state index contributed by atoms with van der Waals surface area (Å²) in [5.41, 5.74) is 0.765. The van der Waals surface area contributed by atoms with Crippen LogP contribution in [0.5, 0.6) is 0 Å². The lowest BCUT2D eigenvalue weighted by Crippen LogP contribution is -2.39. The van der Waals surface area contributed by atoms with E-state index in [4.69, 9.17) is 11.6 Å². The van der Waals surface area contributed by atoms with Gasteiger partial charge in [0.05, 0.1) is 0 Å². The Bertz CT molecular complexity index is 526. The lowest BCUT2D eigenvalue weighted by atomic mass is 10.2. The molecule has 0 aliphatic carbocycles. The summed E-state index contributed by atoms with van der Waals surface area (Å²) in [6.45, 7) is -0.531. The molecular weight excluding hydrogens is 284 g/mol. The molecule has 106 valence electrons. The Morgan fingerprint density at radius 1 is 1.25 bits per heavy atom. The van der Waals surface area contributed by atoms with Crippen LogP contribution in [0.2, 0.25) is 5.02 Å². The van der Waals surface area contributed by atoms with E-state index in [0.29, 0.717) is 5.02 Å². The zero-order chi connectivity index (χ0) is 15.0. The second-order valence-corrected chi connectivity index (χ2v) is 4.06. The topological polar surface area (TPSA) is 84.5 Å². The summed E-state index contributed by atoms with van der Waals surface area (Å²) < 4.78 is 4.65. The van der Waals surface area contributed by atoms with Crippen molar-refractivity contribution in [3.05, 3.63) is 40.9 Å². The van der Waals surface area contributed by atoms with Gasteiger partial charge in [-0.15, -0.1) is 0 Å². The van der Waals surface area contributed by atoms with Crippen LogP contribution < -0.4 is 10.6 Å². The van der Waals surface area contributed by atoms with Crippen molar-refractivity contribution in [3.8, 4) is 0 Å². The molecule has 1 aromatic carbocycles. The highest BCUT2D eigenvalue weighted by molar-refractivity contribution is 6.30. The van der Waals surface area contributed by atoms with E-state index in [-0.39, 0.29) is 0 Å². The van der Waals surface area contributed by atoms with Crippen molar-refractivity contribution in [1.82, 2.24) is 10.6 Å². The minimum atomic E-state index is -0.711. The fraction of sp³-hybridized carbons (Fsp3) is 0.154. The van der Waals surface area contributed by atoms with E-state index in [2.05, 4.69) is 10.1 Å². The van der Waals surface area contributed by atoms with Crippen molar-refractivity contribution in [2.75, 3.05) is 13.7 Å². The van der Waals surface area contributed by atoms with Crippen LogP contribution in [-0.4, -0.2) is 31.6 Å². The van der Waals surface area contributed by atoms with Gasteiger partial charge in [-0.05, 0) is 23.8 Å². The maximum absolute atomic E-state index is 11.3. The number of esters is 1. The van der Waals surface area contributed by atoms with Crippen LogP contribution in [-0.2, 0) is 14.3 Å². The Kier molecular flexibility index (Phi) is 6.25. The lowest BCUT2D eigenvalue weighted by Gasteiger charge is -2.03. The predicted molar refractivity (Wildman–Crippen MR) is 74.0 cm³/mol. The standard InChI is InChI=1S/C13H13ClN2O4/c1-15-13(19)16-11(17)8-20-12(18)7-4-9-2-5-10(14)6-3-9/h2-7H,8H2,1H3,(H2,15,16,17,19)/b7-4+. The number of urea groups is 1. The minimum Gasteiger partial charge on any atom is -0.452 e. The lowest BCUT2D eigenvalue weighted by molar-refractivity contribution is -0.143. The monoisotopic (exact) mass is 296 g/mol. The van der Waals surface area contributed by atoms with E-state index in [9.17, 15) is 14.4 Å². The number of imide groups is 1. The van der Waals surface area contributed by atoms with Crippen molar-refractivity contribution in [3.63, 3.8) is 0 Å². The van der Waals surface area contributed by atoms with Gasteiger partial charge in [0.25, 0.3) is 5.91 Å². The average Bonchev–Trinajstić information content (AvgIpc) is 2.44. The van der Waals surface area contributed by atoms with Crippen molar-refractivity contribution in [1.29, 1.82) is 0 Å². The number of benzene rings is 1. The van der Waals surface area contributed by atoms with Crippen LogP contribution in [0, 0.1) is 0 Å². The number of hydrogen-bond acceptors (Lipinski definition) is 4. The van der Waals surface area contributed by atoms with Crippen LogP contribution in [0.3, 0.4) is 0 Å². The van der Waals surface area contributed by atoms with Gasteiger partial charge in [0, 0.05) is 18.1 Å². The van der Waals surface area contributed by atoms with Crippen molar-refractivity contribution in [2.45, 2.75) is 0 Å². The number of hydrogen-bond donors (Lipinski definition) is 2. The molecule has 0 atom stereocenters. The number of carbonyl (C=O) groups excluding carboxylic acids is 3. The summed E-state index contributed by atoms with van der Waals surface area (Å²) >= 11 is 5.72.